The molecule has 0 saturated carbocycles. The molecule has 3 aliphatic heterocycles. The fourth-order valence-corrected chi connectivity index (χ4v) is 4.07. The van der Waals surface area contributed by atoms with Gasteiger partial charge in [0.05, 0.1) is 11.1 Å². The number of halogens is 1. The first kappa shape index (κ1) is 16.8. The normalized spacial score (nSPS) is 24.0. The molecule has 0 radical (unpaired) electrons. The number of hydrogen-bond donors (Lipinski definition) is 2. The second-order valence-electron chi connectivity index (χ2n) is 6.86. The number of imide groups is 2. The van der Waals surface area contributed by atoms with Gasteiger partial charge in [-0.25, -0.2) is 4.39 Å². The maximum absolute atomic E-state index is 14.6. The van der Waals surface area contributed by atoms with E-state index < -0.39 is 35.5 Å². The third-order valence-corrected chi connectivity index (χ3v) is 5.34. The summed E-state index contributed by atoms with van der Waals surface area (Å²) in [6.45, 7) is 1.43. The Bertz CT molecular complexity index is 832. The monoisotopic (exact) mass is 359 g/mol. The van der Waals surface area contributed by atoms with Gasteiger partial charge < -0.3 is 5.32 Å². The Morgan fingerprint density at radius 2 is 1.73 bits per heavy atom. The molecule has 0 aliphatic carbocycles. The number of fused-ring (bicyclic) bond motifs is 1. The molecule has 26 heavy (non-hydrogen) atoms. The van der Waals surface area contributed by atoms with Crippen molar-refractivity contribution < 1.29 is 23.6 Å². The lowest BCUT2D eigenvalue weighted by molar-refractivity contribution is -0.136. The van der Waals surface area contributed by atoms with E-state index in [0.717, 1.165) is 4.90 Å². The standard InChI is InChI=1S/C18H18FN3O4/c19-11-2-1-10-15(14(11)9-5-7-20-8-6-9)18(26)22(17(10)25)12-3-4-13(23)21-16(12)24/h1-2,9,12,20H,3-8H2,(H,21,23,24). The first-order chi connectivity index (χ1) is 12.5. The highest BCUT2D eigenvalue weighted by Crippen LogP contribution is 2.37. The SMILES string of the molecule is O=C1CCC(N2C(=O)c3ccc(F)c(C4CCNCC4)c3C2=O)C(=O)N1. The van der Waals surface area contributed by atoms with Crippen molar-refractivity contribution in [3.05, 3.63) is 34.6 Å². The predicted molar refractivity (Wildman–Crippen MR) is 87.9 cm³/mol. The van der Waals surface area contributed by atoms with E-state index in [1.165, 1.54) is 12.1 Å². The van der Waals surface area contributed by atoms with E-state index in [1.54, 1.807) is 0 Å². The summed E-state index contributed by atoms with van der Waals surface area (Å²) in [4.78, 5) is 50.1. The van der Waals surface area contributed by atoms with Crippen molar-refractivity contribution in [2.75, 3.05) is 13.1 Å². The highest BCUT2D eigenvalue weighted by Gasteiger charge is 2.46. The van der Waals surface area contributed by atoms with Crippen LogP contribution in [0.3, 0.4) is 0 Å². The minimum atomic E-state index is -1.04. The van der Waals surface area contributed by atoms with Crippen LogP contribution in [-0.2, 0) is 9.59 Å². The molecule has 0 aromatic heterocycles. The van der Waals surface area contributed by atoms with Crippen LogP contribution in [0.4, 0.5) is 4.39 Å². The molecule has 1 unspecified atom stereocenters. The first-order valence-corrected chi connectivity index (χ1v) is 8.73. The van der Waals surface area contributed by atoms with Gasteiger partial charge in [0.15, 0.2) is 0 Å². The van der Waals surface area contributed by atoms with E-state index in [2.05, 4.69) is 10.6 Å². The molecule has 4 amide bonds. The number of benzene rings is 1. The summed E-state index contributed by atoms with van der Waals surface area (Å²) < 4.78 is 14.6. The molecular formula is C18H18FN3O4. The molecular weight excluding hydrogens is 341 g/mol. The molecule has 4 rings (SSSR count). The summed E-state index contributed by atoms with van der Waals surface area (Å²) >= 11 is 0. The Kier molecular flexibility index (Phi) is 4.07. The molecule has 3 aliphatic rings. The average molecular weight is 359 g/mol. The molecule has 2 N–H and O–H groups in total. The van der Waals surface area contributed by atoms with E-state index in [9.17, 15) is 23.6 Å². The zero-order valence-electron chi connectivity index (χ0n) is 14.0. The van der Waals surface area contributed by atoms with Gasteiger partial charge in [-0.3, -0.25) is 29.4 Å². The first-order valence-electron chi connectivity index (χ1n) is 8.73. The van der Waals surface area contributed by atoms with Gasteiger partial charge in [0.25, 0.3) is 11.8 Å². The molecule has 0 spiro atoms. The van der Waals surface area contributed by atoms with Crippen LogP contribution in [0.15, 0.2) is 12.1 Å². The van der Waals surface area contributed by atoms with E-state index in [4.69, 9.17) is 0 Å². The van der Waals surface area contributed by atoms with E-state index in [0.29, 0.717) is 25.9 Å². The van der Waals surface area contributed by atoms with Crippen molar-refractivity contribution in [1.29, 1.82) is 0 Å². The Morgan fingerprint density at radius 3 is 2.42 bits per heavy atom. The van der Waals surface area contributed by atoms with E-state index in [-0.39, 0.29) is 35.4 Å². The van der Waals surface area contributed by atoms with Gasteiger partial charge in [0, 0.05) is 12.0 Å². The lowest BCUT2D eigenvalue weighted by Gasteiger charge is -2.28. The second-order valence-corrected chi connectivity index (χ2v) is 6.86. The molecule has 0 bridgehead atoms. The van der Waals surface area contributed by atoms with E-state index >= 15 is 0 Å². The Balaban J connectivity index is 1.74. The van der Waals surface area contributed by atoms with Gasteiger partial charge in [-0.15, -0.1) is 0 Å². The summed E-state index contributed by atoms with van der Waals surface area (Å²) in [5, 5.41) is 5.35. The van der Waals surface area contributed by atoms with Crippen LogP contribution >= 0.6 is 0 Å². The van der Waals surface area contributed by atoms with Gasteiger partial charge in [-0.2, -0.15) is 0 Å². The van der Waals surface area contributed by atoms with Crippen molar-refractivity contribution in [3.8, 4) is 0 Å². The van der Waals surface area contributed by atoms with Gasteiger partial charge in [-0.1, -0.05) is 0 Å². The van der Waals surface area contributed by atoms with E-state index in [1.807, 2.05) is 0 Å². The summed E-state index contributed by atoms with van der Waals surface area (Å²) in [6.07, 6.45) is 1.49. The Hall–Kier alpha value is -2.61. The fraction of sp³-hybridized carbons (Fsp3) is 0.444. The smallest absolute Gasteiger partial charge is 0.262 e. The number of piperidine rings is 2. The van der Waals surface area contributed by atoms with Gasteiger partial charge in [0.1, 0.15) is 11.9 Å². The van der Waals surface area contributed by atoms with Gasteiger partial charge in [-0.05, 0) is 50.4 Å². The van der Waals surface area contributed by atoms with Crippen LogP contribution < -0.4 is 10.6 Å². The zero-order valence-corrected chi connectivity index (χ0v) is 14.0. The predicted octanol–water partition coefficient (Wildman–Crippen LogP) is 0.694. The number of rotatable bonds is 2. The fourth-order valence-electron chi connectivity index (χ4n) is 4.07. The van der Waals surface area contributed by atoms with Crippen molar-refractivity contribution in [2.24, 2.45) is 0 Å². The number of carbonyl (C=O) groups is 4. The van der Waals surface area contributed by atoms with Crippen LogP contribution in [0.5, 0.6) is 0 Å². The van der Waals surface area contributed by atoms with Crippen LogP contribution in [0, 0.1) is 5.82 Å². The second kappa shape index (κ2) is 6.28. The molecule has 1 atom stereocenters. The Labute approximate surface area is 148 Å². The maximum atomic E-state index is 14.6. The van der Waals surface area contributed by atoms with Crippen LogP contribution in [0.25, 0.3) is 0 Å². The zero-order chi connectivity index (χ0) is 18.4. The quantitative estimate of drug-likeness (QED) is 0.758. The van der Waals surface area contributed by atoms with Crippen molar-refractivity contribution in [2.45, 2.75) is 37.6 Å². The van der Waals surface area contributed by atoms with Gasteiger partial charge in [0.2, 0.25) is 11.8 Å². The summed E-state index contributed by atoms with van der Waals surface area (Å²) in [5.74, 6) is -2.99. The molecule has 2 fully saturated rings. The Morgan fingerprint density at radius 1 is 1.00 bits per heavy atom. The summed E-state index contributed by atoms with van der Waals surface area (Å²) in [5.41, 5.74) is 0.485. The third-order valence-electron chi connectivity index (χ3n) is 5.34. The lowest BCUT2D eigenvalue weighted by Crippen LogP contribution is -2.54. The number of carbonyl (C=O) groups excluding carboxylic acids is 4. The molecule has 7 nitrogen and oxygen atoms in total. The summed E-state index contributed by atoms with van der Waals surface area (Å²) in [6, 6.07) is 1.49. The van der Waals surface area contributed by atoms with Crippen molar-refractivity contribution in [3.63, 3.8) is 0 Å². The molecule has 1 aromatic rings. The highest BCUT2D eigenvalue weighted by molar-refractivity contribution is 6.24. The van der Waals surface area contributed by atoms with Crippen LogP contribution in [0.2, 0.25) is 0 Å². The van der Waals surface area contributed by atoms with Gasteiger partial charge >= 0.3 is 0 Å². The number of hydrogen-bond acceptors (Lipinski definition) is 5. The molecule has 3 heterocycles. The number of amides is 4. The number of nitrogens with one attached hydrogen (secondary N) is 2. The van der Waals surface area contributed by atoms with Crippen molar-refractivity contribution in [1.82, 2.24) is 15.5 Å². The third kappa shape index (κ3) is 2.52. The lowest BCUT2D eigenvalue weighted by atomic mass is 9.85. The summed E-state index contributed by atoms with van der Waals surface area (Å²) in [7, 11) is 0. The molecule has 1 aromatic carbocycles. The topological polar surface area (TPSA) is 95.6 Å². The molecule has 2 saturated heterocycles. The average Bonchev–Trinajstić information content (AvgIpc) is 2.87. The van der Waals surface area contributed by atoms with Crippen LogP contribution in [-0.4, -0.2) is 47.7 Å². The number of nitrogens with zero attached hydrogens (tertiary/aromatic N) is 1. The van der Waals surface area contributed by atoms with Crippen molar-refractivity contribution >= 4 is 23.6 Å². The highest BCUT2D eigenvalue weighted by atomic mass is 19.1. The largest absolute Gasteiger partial charge is 0.317 e. The maximum Gasteiger partial charge on any atom is 0.262 e. The minimum absolute atomic E-state index is 0.0549. The minimum Gasteiger partial charge on any atom is -0.317 e. The molecule has 8 heteroatoms. The molecule has 136 valence electrons. The van der Waals surface area contributed by atoms with Crippen LogP contribution in [0.1, 0.15) is 57.9 Å².